The lowest BCUT2D eigenvalue weighted by Gasteiger charge is -2.30. The average molecular weight is 370 g/mol. The Kier molecular flexibility index (Phi) is 4.05. The van der Waals surface area contributed by atoms with Gasteiger partial charge in [0, 0.05) is 54.7 Å². The third kappa shape index (κ3) is 2.90. The van der Waals surface area contributed by atoms with Crippen LogP contribution < -0.4 is 4.90 Å². The van der Waals surface area contributed by atoms with Gasteiger partial charge in [-0.3, -0.25) is 9.97 Å². The molecule has 0 aliphatic carbocycles. The van der Waals surface area contributed by atoms with E-state index >= 15 is 0 Å². The van der Waals surface area contributed by atoms with E-state index in [0.717, 1.165) is 42.1 Å². The number of fused-ring (bicyclic) bond motifs is 1. The molecule has 4 aromatic heterocycles. The standard InChI is InChI=1S/C21H18N6O/c1-14-19(20-25-21(28-26-20)15-5-9-22-10-6-15)17-7-11-27(13-16(17)12-24-14)18-4-2-3-8-23-18/h2-6,8-10,12H,7,11,13H2,1H3. The van der Waals surface area contributed by atoms with Gasteiger partial charge in [-0.1, -0.05) is 11.2 Å². The van der Waals surface area contributed by atoms with Crippen molar-refractivity contribution in [3.8, 4) is 22.8 Å². The van der Waals surface area contributed by atoms with E-state index in [1.165, 1.54) is 11.1 Å². The summed E-state index contributed by atoms with van der Waals surface area (Å²) in [6.45, 7) is 3.64. The highest BCUT2D eigenvalue weighted by atomic mass is 16.5. The van der Waals surface area contributed by atoms with Gasteiger partial charge in [-0.15, -0.1) is 0 Å². The van der Waals surface area contributed by atoms with Gasteiger partial charge < -0.3 is 9.42 Å². The summed E-state index contributed by atoms with van der Waals surface area (Å²) < 4.78 is 5.50. The predicted molar refractivity (Wildman–Crippen MR) is 104 cm³/mol. The molecule has 0 amide bonds. The second-order valence-electron chi connectivity index (χ2n) is 6.74. The van der Waals surface area contributed by atoms with E-state index in [4.69, 9.17) is 4.52 Å². The van der Waals surface area contributed by atoms with Crippen molar-refractivity contribution in [2.45, 2.75) is 19.9 Å². The van der Waals surface area contributed by atoms with Crippen molar-refractivity contribution in [3.63, 3.8) is 0 Å². The molecule has 7 heteroatoms. The van der Waals surface area contributed by atoms with Crippen LogP contribution in [0, 0.1) is 6.92 Å². The summed E-state index contributed by atoms with van der Waals surface area (Å²) in [6, 6.07) is 9.69. The monoisotopic (exact) mass is 370 g/mol. The van der Waals surface area contributed by atoms with Crippen molar-refractivity contribution in [1.29, 1.82) is 0 Å². The molecule has 5 rings (SSSR count). The van der Waals surface area contributed by atoms with Crippen LogP contribution in [0.5, 0.6) is 0 Å². The Morgan fingerprint density at radius 2 is 1.93 bits per heavy atom. The second kappa shape index (κ2) is 6.84. The smallest absolute Gasteiger partial charge is 0.258 e. The van der Waals surface area contributed by atoms with Gasteiger partial charge >= 0.3 is 0 Å². The highest BCUT2D eigenvalue weighted by molar-refractivity contribution is 5.67. The molecular weight excluding hydrogens is 352 g/mol. The molecule has 7 nitrogen and oxygen atoms in total. The van der Waals surface area contributed by atoms with Crippen LogP contribution >= 0.6 is 0 Å². The summed E-state index contributed by atoms with van der Waals surface area (Å²) in [5, 5.41) is 4.24. The Bertz CT molecular complexity index is 1110. The highest BCUT2D eigenvalue weighted by Crippen LogP contribution is 2.32. The molecule has 1 aliphatic rings. The lowest BCUT2D eigenvalue weighted by Crippen LogP contribution is -2.31. The van der Waals surface area contributed by atoms with Crippen LogP contribution in [0.4, 0.5) is 5.82 Å². The molecule has 0 aromatic carbocycles. The maximum atomic E-state index is 5.50. The molecule has 0 saturated carbocycles. The fourth-order valence-corrected chi connectivity index (χ4v) is 3.62. The van der Waals surface area contributed by atoms with Crippen LogP contribution in [0.25, 0.3) is 22.8 Å². The predicted octanol–water partition coefficient (Wildman–Crippen LogP) is 3.46. The molecule has 1 aliphatic heterocycles. The SMILES string of the molecule is Cc1ncc2c(c1-c1noc(-c3ccncc3)n1)CCN(c1ccccn1)C2. The molecule has 0 radical (unpaired) electrons. The maximum absolute atomic E-state index is 5.50. The Morgan fingerprint density at radius 3 is 2.75 bits per heavy atom. The maximum Gasteiger partial charge on any atom is 0.258 e. The Morgan fingerprint density at radius 1 is 1.04 bits per heavy atom. The zero-order chi connectivity index (χ0) is 18.9. The Hall–Kier alpha value is -3.61. The minimum Gasteiger partial charge on any atom is -0.352 e. The quantitative estimate of drug-likeness (QED) is 0.546. The molecular formula is C21H18N6O. The lowest BCUT2D eigenvalue weighted by molar-refractivity contribution is 0.432. The molecule has 0 N–H and O–H groups in total. The van der Waals surface area contributed by atoms with Crippen LogP contribution in [0.3, 0.4) is 0 Å². The van der Waals surface area contributed by atoms with Crippen molar-refractivity contribution >= 4 is 5.82 Å². The van der Waals surface area contributed by atoms with Gasteiger partial charge in [0.25, 0.3) is 5.89 Å². The summed E-state index contributed by atoms with van der Waals surface area (Å²) in [5.74, 6) is 2.05. The molecule has 138 valence electrons. The van der Waals surface area contributed by atoms with Crippen molar-refractivity contribution in [1.82, 2.24) is 25.1 Å². The first kappa shape index (κ1) is 16.6. The number of pyridine rings is 3. The van der Waals surface area contributed by atoms with Crippen LogP contribution in [-0.2, 0) is 13.0 Å². The normalized spacial score (nSPS) is 13.4. The van der Waals surface area contributed by atoms with E-state index in [0.29, 0.717) is 11.7 Å². The van der Waals surface area contributed by atoms with Crippen molar-refractivity contribution in [2.24, 2.45) is 0 Å². The van der Waals surface area contributed by atoms with Crippen LogP contribution in [0.2, 0.25) is 0 Å². The van der Waals surface area contributed by atoms with Gasteiger partial charge in [0.2, 0.25) is 5.82 Å². The van der Waals surface area contributed by atoms with Crippen LogP contribution in [-0.4, -0.2) is 31.6 Å². The van der Waals surface area contributed by atoms with Gasteiger partial charge in [0.1, 0.15) is 5.82 Å². The minimum absolute atomic E-state index is 0.486. The van der Waals surface area contributed by atoms with Crippen molar-refractivity contribution < 1.29 is 4.52 Å². The molecule has 0 fully saturated rings. The number of aromatic nitrogens is 5. The zero-order valence-electron chi connectivity index (χ0n) is 15.4. The van der Waals surface area contributed by atoms with Gasteiger partial charge in [-0.05, 0) is 48.7 Å². The molecule has 4 aromatic rings. The number of hydrogen-bond donors (Lipinski definition) is 0. The van der Waals surface area contributed by atoms with Crippen molar-refractivity contribution in [2.75, 3.05) is 11.4 Å². The third-order valence-corrected chi connectivity index (χ3v) is 5.01. The molecule has 0 bridgehead atoms. The first-order valence-electron chi connectivity index (χ1n) is 9.17. The van der Waals surface area contributed by atoms with Crippen molar-refractivity contribution in [3.05, 3.63) is 71.9 Å². The topological polar surface area (TPSA) is 80.8 Å². The number of anilines is 1. The van der Waals surface area contributed by atoms with E-state index < -0.39 is 0 Å². The number of rotatable bonds is 3. The summed E-state index contributed by atoms with van der Waals surface area (Å²) in [5.41, 5.74) is 5.15. The summed E-state index contributed by atoms with van der Waals surface area (Å²) in [4.78, 5) is 20.0. The van der Waals surface area contributed by atoms with E-state index in [1.54, 1.807) is 12.4 Å². The summed E-state index contributed by atoms with van der Waals surface area (Å²) in [7, 11) is 0. The third-order valence-electron chi connectivity index (χ3n) is 5.01. The van der Waals surface area contributed by atoms with E-state index in [1.807, 2.05) is 49.6 Å². The number of hydrogen-bond acceptors (Lipinski definition) is 7. The first-order chi connectivity index (χ1) is 13.8. The summed E-state index contributed by atoms with van der Waals surface area (Å²) in [6.07, 6.45) is 8.08. The number of nitrogens with zero attached hydrogens (tertiary/aromatic N) is 6. The van der Waals surface area contributed by atoms with E-state index in [-0.39, 0.29) is 0 Å². The van der Waals surface area contributed by atoms with Gasteiger partial charge in [-0.2, -0.15) is 4.98 Å². The molecule has 0 spiro atoms. The molecule has 0 saturated heterocycles. The largest absolute Gasteiger partial charge is 0.352 e. The van der Waals surface area contributed by atoms with Gasteiger partial charge in [0.05, 0.1) is 0 Å². The Labute approximate surface area is 162 Å². The average Bonchev–Trinajstić information content (AvgIpc) is 3.24. The lowest BCUT2D eigenvalue weighted by atomic mass is 9.94. The first-order valence-corrected chi connectivity index (χ1v) is 9.17. The summed E-state index contributed by atoms with van der Waals surface area (Å²) >= 11 is 0. The fourth-order valence-electron chi connectivity index (χ4n) is 3.62. The molecule has 28 heavy (non-hydrogen) atoms. The zero-order valence-corrected chi connectivity index (χ0v) is 15.4. The van der Waals surface area contributed by atoms with E-state index in [2.05, 4.69) is 30.0 Å². The molecule has 5 heterocycles. The van der Waals surface area contributed by atoms with Gasteiger partial charge in [0.15, 0.2) is 0 Å². The van der Waals surface area contributed by atoms with Crippen LogP contribution in [0.15, 0.2) is 59.6 Å². The van der Waals surface area contributed by atoms with Crippen LogP contribution in [0.1, 0.15) is 16.8 Å². The number of aryl methyl sites for hydroxylation is 1. The molecule has 0 unspecified atom stereocenters. The fraction of sp³-hybridized carbons (Fsp3) is 0.190. The highest BCUT2D eigenvalue weighted by Gasteiger charge is 2.24. The Balaban J connectivity index is 1.52. The van der Waals surface area contributed by atoms with Gasteiger partial charge in [-0.25, -0.2) is 4.98 Å². The minimum atomic E-state index is 0.486. The van der Waals surface area contributed by atoms with E-state index in [9.17, 15) is 0 Å². The molecule has 0 atom stereocenters. The second-order valence-corrected chi connectivity index (χ2v) is 6.74.